The number of aromatic amines is 1. The number of nitrogens with zero attached hydrogens (tertiary/aromatic N) is 4. The van der Waals surface area contributed by atoms with Crippen LogP contribution < -0.4 is 10.3 Å². The Bertz CT molecular complexity index is 1470. The first-order valence-corrected chi connectivity index (χ1v) is 10.4. The van der Waals surface area contributed by atoms with E-state index < -0.39 is 0 Å². The van der Waals surface area contributed by atoms with Crippen LogP contribution in [-0.2, 0) is 0 Å². The molecule has 0 saturated heterocycles. The van der Waals surface area contributed by atoms with Crippen molar-refractivity contribution < 1.29 is 4.74 Å². The number of hydrogen-bond donors (Lipinski definition) is 1. The normalized spacial score (nSPS) is 12.6. The van der Waals surface area contributed by atoms with Gasteiger partial charge in [0.25, 0.3) is 5.56 Å². The fourth-order valence-corrected chi connectivity index (χ4v) is 4.54. The molecule has 1 N–H and O–H groups in total. The molecule has 0 saturated carbocycles. The van der Waals surface area contributed by atoms with Crippen LogP contribution in [0.25, 0.3) is 27.5 Å². The van der Waals surface area contributed by atoms with Crippen molar-refractivity contribution in [2.45, 2.75) is 24.3 Å². The van der Waals surface area contributed by atoms with Gasteiger partial charge in [0.1, 0.15) is 11.6 Å². The number of rotatable bonds is 4. The number of aromatic nitrogens is 5. The second kappa shape index (κ2) is 7.14. The highest BCUT2D eigenvalue weighted by molar-refractivity contribution is 7.99. The van der Waals surface area contributed by atoms with Crippen LogP contribution in [0.4, 0.5) is 0 Å². The summed E-state index contributed by atoms with van der Waals surface area (Å²) >= 11 is 1.50. The highest BCUT2D eigenvalue weighted by Gasteiger charge is 2.18. The summed E-state index contributed by atoms with van der Waals surface area (Å²) in [5.74, 6) is 1.38. The average Bonchev–Trinajstić information content (AvgIpc) is 3.15. The number of hydrogen-bond acceptors (Lipinski definition) is 6. The zero-order chi connectivity index (χ0) is 20.8. The predicted octanol–water partition coefficient (Wildman–Crippen LogP) is 4.29. The van der Waals surface area contributed by atoms with Crippen molar-refractivity contribution in [1.82, 2.24) is 24.6 Å². The molecular formula is C22H19N5O2S. The van der Waals surface area contributed by atoms with E-state index in [1.165, 1.54) is 11.8 Å². The van der Waals surface area contributed by atoms with Gasteiger partial charge in [0.15, 0.2) is 10.8 Å². The molecule has 1 unspecified atom stereocenters. The number of aryl methyl sites for hydroxylation is 1. The average molecular weight is 417 g/mol. The van der Waals surface area contributed by atoms with E-state index in [2.05, 4.69) is 27.1 Å². The lowest BCUT2D eigenvalue weighted by atomic mass is 10.1. The molecule has 0 fully saturated rings. The van der Waals surface area contributed by atoms with Crippen LogP contribution >= 0.6 is 11.8 Å². The van der Waals surface area contributed by atoms with E-state index >= 15 is 0 Å². The van der Waals surface area contributed by atoms with E-state index in [0.717, 1.165) is 33.0 Å². The van der Waals surface area contributed by atoms with Crippen LogP contribution in [0.3, 0.4) is 0 Å². The third-order valence-electron chi connectivity index (χ3n) is 5.17. The molecule has 8 heteroatoms. The van der Waals surface area contributed by atoms with Crippen LogP contribution in [0.15, 0.2) is 58.5 Å². The Kier molecular flexibility index (Phi) is 4.43. The van der Waals surface area contributed by atoms with Crippen molar-refractivity contribution in [2.75, 3.05) is 7.11 Å². The summed E-state index contributed by atoms with van der Waals surface area (Å²) in [6.45, 7) is 4.05. The molecule has 0 amide bonds. The summed E-state index contributed by atoms with van der Waals surface area (Å²) in [4.78, 5) is 20.0. The van der Waals surface area contributed by atoms with Crippen molar-refractivity contribution in [3.8, 4) is 5.75 Å². The molecule has 0 aliphatic heterocycles. The molecule has 2 aromatic carbocycles. The minimum atomic E-state index is -0.139. The number of methoxy groups -OCH3 is 1. The van der Waals surface area contributed by atoms with Crippen molar-refractivity contribution in [2.24, 2.45) is 0 Å². The lowest BCUT2D eigenvalue weighted by molar-refractivity contribution is 0.415. The molecule has 0 spiro atoms. The van der Waals surface area contributed by atoms with E-state index in [0.29, 0.717) is 16.7 Å². The molecule has 5 aromatic rings. The third-order valence-corrected chi connectivity index (χ3v) is 6.22. The van der Waals surface area contributed by atoms with Crippen molar-refractivity contribution in [1.29, 1.82) is 0 Å². The van der Waals surface area contributed by atoms with E-state index in [1.54, 1.807) is 13.2 Å². The van der Waals surface area contributed by atoms with Gasteiger partial charge in [0.05, 0.1) is 28.8 Å². The minimum Gasteiger partial charge on any atom is -0.497 e. The highest BCUT2D eigenvalue weighted by atomic mass is 32.2. The summed E-state index contributed by atoms with van der Waals surface area (Å²) in [7, 11) is 1.65. The molecular weight excluding hydrogens is 398 g/mol. The monoisotopic (exact) mass is 417 g/mol. The molecule has 1 atom stereocenters. The van der Waals surface area contributed by atoms with Gasteiger partial charge in [-0.15, -0.1) is 10.2 Å². The van der Waals surface area contributed by atoms with E-state index in [-0.39, 0.29) is 10.8 Å². The Morgan fingerprint density at radius 3 is 2.77 bits per heavy atom. The van der Waals surface area contributed by atoms with Gasteiger partial charge in [-0.25, -0.2) is 4.98 Å². The maximum atomic E-state index is 12.4. The first-order valence-electron chi connectivity index (χ1n) is 9.53. The second-order valence-corrected chi connectivity index (χ2v) is 8.42. The molecule has 0 radical (unpaired) electrons. The Morgan fingerprint density at radius 1 is 1.10 bits per heavy atom. The SMILES string of the molecule is COc1ccc2c(C)cc3nnc(SC(C)c4nc5ccccc5c(=O)[nH]4)n3c2c1. The first-order chi connectivity index (χ1) is 14.5. The highest BCUT2D eigenvalue weighted by Crippen LogP contribution is 2.35. The quantitative estimate of drug-likeness (QED) is 0.439. The first kappa shape index (κ1) is 18.6. The van der Waals surface area contributed by atoms with Gasteiger partial charge in [0, 0.05) is 11.5 Å². The van der Waals surface area contributed by atoms with Gasteiger partial charge >= 0.3 is 0 Å². The van der Waals surface area contributed by atoms with Crippen LogP contribution in [0, 0.1) is 6.92 Å². The van der Waals surface area contributed by atoms with Gasteiger partial charge in [-0.1, -0.05) is 23.9 Å². The van der Waals surface area contributed by atoms with Crippen molar-refractivity contribution >= 4 is 39.2 Å². The molecule has 0 aliphatic rings. The molecule has 30 heavy (non-hydrogen) atoms. The zero-order valence-corrected chi connectivity index (χ0v) is 17.5. The summed E-state index contributed by atoms with van der Waals surface area (Å²) in [5, 5.41) is 11.1. The van der Waals surface area contributed by atoms with Crippen LogP contribution in [0.5, 0.6) is 5.75 Å². The second-order valence-electron chi connectivity index (χ2n) is 7.12. The molecule has 7 nitrogen and oxygen atoms in total. The molecule has 3 heterocycles. The molecule has 5 rings (SSSR count). The molecule has 0 bridgehead atoms. The lowest BCUT2D eigenvalue weighted by Crippen LogP contribution is -2.12. The Labute approximate surface area is 176 Å². The van der Waals surface area contributed by atoms with Gasteiger partial charge in [0.2, 0.25) is 0 Å². The fraction of sp³-hybridized carbons (Fsp3) is 0.182. The predicted molar refractivity (Wildman–Crippen MR) is 118 cm³/mol. The maximum Gasteiger partial charge on any atom is 0.258 e. The van der Waals surface area contributed by atoms with Crippen molar-refractivity contribution in [3.63, 3.8) is 0 Å². The Balaban J connectivity index is 1.62. The van der Waals surface area contributed by atoms with Crippen LogP contribution in [0.1, 0.15) is 23.6 Å². The largest absolute Gasteiger partial charge is 0.497 e. The van der Waals surface area contributed by atoms with Gasteiger partial charge < -0.3 is 9.72 Å². The van der Waals surface area contributed by atoms with Crippen LogP contribution in [-0.4, -0.2) is 31.7 Å². The summed E-state index contributed by atoms with van der Waals surface area (Å²) < 4.78 is 7.44. The number of fused-ring (bicyclic) bond motifs is 4. The number of H-pyrrole nitrogens is 1. The smallest absolute Gasteiger partial charge is 0.258 e. The van der Waals surface area contributed by atoms with Gasteiger partial charge in [-0.05, 0) is 49.7 Å². The van der Waals surface area contributed by atoms with Gasteiger partial charge in [-0.3, -0.25) is 9.20 Å². The molecule has 0 aliphatic carbocycles. The molecule has 150 valence electrons. The summed E-state index contributed by atoms with van der Waals surface area (Å²) in [6, 6.07) is 15.3. The standard InChI is InChI=1S/C22H19N5O2S/c1-12-10-19-25-26-22(27(19)18-11-14(29-3)8-9-15(12)18)30-13(2)20-23-17-7-5-4-6-16(17)21(28)24-20/h4-11,13H,1-3H3,(H,23,24,28). The van der Waals surface area contributed by atoms with Gasteiger partial charge in [-0.2, -0.15) is 0 Å². The number of pyridine rings is 1. The van der Waals surface area contributed by atoms with Crippen LogP contribution in [0.2, 0.25) is 0 Å². The zero-order valence-electron chi connectivity index (χ0n) is 16.7. The summed E-state index contributed by atoms with van der Waals surface area (Å²) in [5.41, 5.74) is 3.41. The minimum absolute atomic E-state index is 0.128. The number of thioether (sulfide) groups is 1. The van der Waals surface area contributed by atoms with Crippen molar-refractivity contribution in [3.05, 3.63) is 70.3 Å². The topological polar surface area (TPSA) is 85.2 Å². The number of para-hydroxylation sites is 1. The molecule has 3 aromatic heterocycles. The summed E-state index contributed by atoms with van der Waals surface area (Å²) in [6.07, 6.45) is 0. The number of nitrogens with one attached hydrogen (secondary N) is 1. The number of ether oxygens (including phenoxy) is 1. The van der Waals surface area contributed by atoms with E-state index in [9.17, 15) is 4.79 Å². The number of benzene rings is 2. The lowest BCUT2D eigenvalue weighted by Gasteiger charge is -2.12. The van der Waals surface area contributed by atoms with E-state index in [4.69, 9.17) is 4.74 Å². The maximum absolute atomic E-state index is 12.4. The Hall–Kier alpha value is -3.39. The fourth-order valence-electron chi connectivity index (χ4n) is 3.62. The third kappa shape index (κ3) is 3.00. The van der Waals surface area contributed by atoms with E-state index in [1.807, 2.05) is 53.8 Å². The Morgan fingerprint density at radius 2 is 1.93 bits per heavy atom.